The minimum Gasteiger partial charge on any atom is -0.367 e. The molecule has 0 N–H and O–H groups in total. The first-order chi connectivity index (χ1) is 8.29. The molecule has 3 nitrogen and oxygen atoms in total. The van der Waals surface area contributed by atoms with Gasteiger partial charge < -0.3 is 4.74 Å². The molecular formula is C13H18BrClN2O. The van der Waals surface area contributed by atoms with Crippen LogP contribution in [-0.2, 0) is 10.2 Å². The normalized spacial score (nSPS) is 24.6. The van der Waals surface area contributed by atoms with Crippen LogP contribution in [0.4, 0.5) is 0 Å². The molecule has 0 amide bonds. The second kappa shape index (κ2) is 5.06. The molecule has 2 atom stereocenters. The molecule has 1 aliphatic rings. The molecule has 18 heavy (non-hydrogen) atoms. The topological polar surface area (TPSA) is 35.0 Å². The van der Waals surface area contributed by atoms with Gasteiger partial charge in [0.25, 0.3) is 0 Å². The van der Waals surface area contributed by atoms with Gasteiger partial charge in [-0.25, -0.2) is 9.97 Å². The second-order valence-corrected chi connectivity index (χ2v) is 6.95. The van der Waals surface area contributed by atoms with Crippen LogP contribution in [0.3, 0.4) is 0 Å². The maximum Gasteiger partial charge on any atom is 0.159 e. The van der Waals surface area contributed by atoms with Crippen LogP contribution in [0, 0.1) is 0 Å². The molecule has 1 aromatic rings. The number of nitrogens with zero attached hydrogens (tertiary/aromatic N) is 2. The fourth-order valence-corrected chi connectivity index (χ4v) is 3.02. The molecule has 2 heterocycles. The van der Waals surface area contributed by atoms with E-state index in [4.69, 9.17) is 16.3 Å². The zero-order valence-corrected chi connectivity index (χ0v) is 13.5. The Hall–Kier alpha value is -0.190. The monoisotopic (exact) mass is 332 g/mol. The Kier molecular flexibility index (Phi) is 4.00. The highest BCUT2D eigenvalue weighted by Crippen LogP contribution is 2.36. The molecule has 0 saturated carbocycles. The second-order valence-electron chi connectivity index (χ2n) is 5.80. The van der Waals surface area contributed by atoms with Gasteiger partial charge in [-0.05, 0) is 35.7 Å². The van der Waals surface area contributed by atoms with Crippen LogP contribution >= 0.6 is 27.5 Å². The summed E-state index contributed by atoms with van der Waals surface area (Å²) >= 11 is 9.66. The van der Waals surface area contributed by atoms with E-state index in [-0.39, 0.29) is 17.6 Å². The van der Waals surface area contributed by atoms with Crippen LogP contribution in [0.25, 0.3) is 0 Å². The van der Waals surface area contributed by atoms with Crippen molar-refractivity contribution in [3.63, 3.8) is 0 Å². The maximum atomic E-state index is 6.19. The molecule has 1 aromatic heterocycles. The van der Waals surface area contributed by atoms with Crippen LogP contribution in [0.5, 0.6) is 0 Å². The molecule has 0 aliphatic carbocycles. The predicted octanol–water partition coefficient (Wildman–Crippen LogP) is 4.43. The molecule has 0 radical (unpaired) electrons. The van der Waals surface area contributed by atoms with Crippen molar-refractivity contribution in [2.45, 2.75) is 58.2 Å². The number of aromatic nitrogens is 2. The minimum atomic E-state index is -0.0790. The van der Waals surface area contributed by atoms with Gasteiger partial charge in [-0.15, -0.1) is 0 Å². The van der Waals surface area contributed by atoms with E-state index in [9.17, 15) is 0 Å². The van der Waals surface area contributed by atoms with Crippen molar-refractivity contribution in [3.8, 4) is 0 Å². The molecule has 2 rings (SSSR count). The highest BCUT2D eigenvalue weighted by molar-refractivity contribution is 9.10. The lowest BCUT2D eigenvalue weighted by Gasteiger charge is -2.21. The lowest BCUT2D eigenvalue weighted by Crippen LogP contribution is -2.18. The highest BCUT2D eigenvalue weighted by atomic mass is 79.9. The first-order valence-corrected chi connectivity index (χ1v) is 7.35. The van der Waals surface area contributed by atoms with Crippen molar-refractivity contribution in [2.75, 3.05) is 0 Å². The predicted molar refractivity (Wildman–Crippen MR) is 76.0 cm³/mol. The van der Waals surface area contributed by atoms with Crippen molar-refractivity contribution in [1.29, 1.82) is 0 Å². The van der Waals surface area contributed by atoms with Crippen LogP contribution in [-0.4, -0.2) is 16.1 Å². The lowest BCUT2D eigenvalue weighted by atomic mass is 9.92. The first kappa shape index (κ1) is 14.2. The van der Waals surface area contributed by atoms with Gasteiger partial charge in [-0.1, -0.05) is 32.4 Å². The van der Waals surface area contributed by atoms with Crippen LogP contribution in [0.2, 0.25) is 5.15 Å². The van der Waals surface area contributed by atoms with Crippen molar-refractivity contribution >= 4 is 27.5 Å². The van der Waals surface area contributed by atoms with E-state index in [0.717, 1.165) is 23.0 Å². The first-order valence-electron chi connectivity index (χ1n) is 6.18. The van der Waals surface area contributed by atoms with Crippen molar-refractivity contribution < 1.29 is 4.74 Å². The van der Waals surface area contributed by atoms with Gasteiger partial charge >= 0.3 is 0 Å². The van der Waals surface area contributed by atoms with E-state index in [1.54, 1.807) is 0 Å². The molecule has 1 aliphatic heterocycles. The van der Waals surface area contributed by atoms with Crippen LogP contribution in [0.1, 0.15) is 58.2 Å². The minimum absolute atomic E-state index is 0.0216. The summed E-state index contributed by atoms with van der Waals surface area (Å²) in [4.78, 5) is 9.00. The van der Waals surface area contributed by atoms with Crippen molar-refractivity contribution in [2.24, 2.45) is 0 Å². The standard InChI is InChI=1S/C13H18BrClN2O/c1-7-5-6-8(18-7)12-16-10(13(2,3)4)9(14)11(15)17-12/h7-8H,5-6H2,1-4H3. The molecule has 1 fully saturated rings. The molecule has 100 valence electrons. The Labute approximate surface area is 121 Å². The average Bonchev–Trinajstić information content (AvgIpc) is 2.67. The van der Waals surface area contributed by atoms with Crippen molar-refractivity contribution in [3.05, 3.63) is 21.1 Å². The number of hydrogen-bond acceptors (Lipinski definition) is 3. The lowest BCUT2D eigenvalue weighted by molar-refractivity contribution is 0.0500. The van der Waals surface area contributed by atoms with E-state index in [0.29, 0.717) is 11.0 Å². The van der Waals surface area contributed by atoms with Gasteiger partial charge in [0.1, 0.15) is 11.3 Å². The Bertz CT molecular complexity index is 459. The zero-order valence-electron chi connectivity index (χ0n) is 11.1. The smallest absolute Gasteiger partial charge is 0.159 e. The third-order valence-electron chi connectivity index (χ3n) is 3.06. The summed E-state index contributed by atoms with van der Waals surface area (Å²) in [6.45, 7) is 8.40. The van der Waals surface area contributed by atoms with Gasteiger partial charge in [0.15, 0.2) is 5.82 Å². The largest absolute Gasteiger partial charge is 0.367 e. The molecule has 0 bridgehead atoms. The molecule has 1 saturated heterocycles. The maximum absolute atomic E-state index is 6.19. The Morgan fingerprint density at radius 3 is 2.44 bits per heavy atom. The molecule has 5 heteroatoms. The molecule has 0 spiro atoms. The van der Waals surface area contributed by atoms with E-state index in [1.165, 1.54) is 0 Å². The SMILES string of the molecule is CC1CCC(c2nc(Cl)c(Br)c(C(C)(C)C)n2)O1. The summed E-state index contributed by atoms with van der Waals surface area (Å²) in [6, 6.07) is 0. The highest BCUT2D eigenvalue weighted by Gasteiger charge is 2.29. The fraction of sp³-hybridized carbons (Fsp3) is 0.692. The third-order valence-corrected chi connectivity index (χ3v) is 4.31. The fourth-order valence-electron chi connectivity index (χ4n) is 2.07. The number of ether oxygens (including phenoxy) is 1. The van der Waals surface area contributed by atoms with E-state index >= 15 is 0 Å². The van der Waals surface area contributed by atoms with Gasteiger partial charge in [-0.2, -0.15) is 0 Å². The molecule has 2 unspecified atom stereocenters. The summed E-state index contributed by atoms with van der Waals surface area (Å²) in [5.41, 5.74) is 0.852. The van der Waals surface area contributed by atoms with E-state index in [2.05, 4.69) is 53.6 Å². The summed E-state index contributed by atoms with van der Waals surface area (Å²) in [7, 11) is 0. The van der Waals surface area contributed by atoms with Gasteiger partial charge in [0, 0.05) is 5.41 Å². The number of hydrogen-bond donors (Lipinski definition) is 0. The summed E-state index contributed by atoms with van der Waals surface area (Å²) in [5, 5.41) is 0.466. The Morgan fingerprint density at radius 1 is 1.28 bits per heavy atom. The van der Waals surface area contributed by atoms with Crippen LogP contribution < -0.4 is 0 Å². The number of rotatable bonds is 1. The van der Waals surface area contributed by atoms with Gasteiger partial charge in [0.2, 0.25) is 0 Å². The summed E-state index contributed by atoms with van der Waals surface area (Å²) < 4.78 is 6.59. The summed E-state index contributed by atoms with van der Waals surface area (Å²) in [5.74, 6) is 0.706. The Balaban J connectivity index is 2.41. The van der Waals surface area contributed by atoms with Crippen LogP contribution in [0.15, 0.2) is 4.47 Å². The Morgan fingerprint density at radius 2 is 1.94 bits per heavy atom. The van der Waals surface area contributed by atoms with E-state index in [1.807, 2.05) is 0 Å². The molecular weight excluding hydrogens is 316 g/mol. The zero-order chi connectivity index (χ0) is 13.5. The molecule has 0 aromatic carbocycles. The third kappa shape index (κ3) is 2.86. The van der Waals surface area contributed by atoms with E-state index < -0.39 is 0 Å². The van der Waals surface area contributed by atoms with Gasteiger partial charge in [-0.3, -0.25) is 0 Å². The number of halogens is 2. The quantitative estimate of drug-likeness (QED) is 0.713. The van der Waals surface area contributed by atoms with Crippen molar-refractivity contribution in [1.82, 2.24) is 9.97 Å². The average molecular weight is 334 g/mol. The van der Waals surface area contributed by atoms with Gasteiger partial charge in [0.05, 0.1) is 16.3 Å². The summed E-state index contributed by atoms with van der Waals surface area (Å²) in [6.07, 6.45) is 2.26.